The summed E-state index contributed by atoms with van der Waals surface area (Å²) in [4.78, 5) is 10.9. The van der Waals surface area contributed by atoms with E-state index in [1.807, 2.05) is 0 Å². The van der Waals surface area contributed by atoms with E-state index in [4.69, 9.17) is 4.74 Å². The largest absolute Gasteiger partial charge is 0.461 e. The van der Waals surface area contributed by atoms with Crippen LogP contribution in [0.3, 0.4) is 0 Å². The number of hydrogen-bond donors (Lipinski definition) is 0. The van der Waals surface area contributed by atoms with Gasteiger partial charge in [-0.15, -0.1) is 0 Å². The molecular formula is C15H26O2. The maximum Gasteiger partial charge on any atom is 0.293 e. The van der Waals surface area contributed by atoms with Crippen LogP contribution in [-0.4, -0.2) is 12.1 Å². The van der Waals surface area contributed by atoms with Crippen molar-refractivity contribution in [3.05, 3.63) is 0 Å². The van der Waals surface area contributed by atoms with Gasteiger partial charge in [-0.1, -0.05) is 27.2 Å². The van der Waals surface area contributed by atoms with Crippen LogP contribution in [0.5, 0.6) is 0 Å². The van der Waals surface area contributed by atoms with Crippen molar-refractivity contribution >= 4 is 6.47 Å². The molecule has 98 valence electrons. The van der Waals surface area contributed by atoms with Gasteiger partial charge in [0.1, 0.15) is 5.60 Å². The zero-order chi connectivity index (χ0) is 12.5. The van der Waals surface area contributed by atoms with E-state index in [0.717, 1.165) is 18.3 Å². The molecule has 2 bridgehead atoms. The van der Waals surface area contributed by atoms with E-state index >= 15 is 0 Å². The molecule has 0 amide bonds. The third kappa shape index (κ3) is 2.23. The lowest BCUT2D eigenvalue weighted by atomic mass is 9.58. The van der Waals surface area contributed by atoms with Crippen molar-refractivity contribution in [2.75, 3.05) is 0 Å². The summed E-state index contributed by atoms with van der Waals surface area (Å²) in [5, 5.41) is 0. The number of rotatable bonds is 4. The predicted molar refractivity (Wildman–Crippen MR) is 68.6 cm³/mol. The Balaban J connectivity index is 2.19. The highest BCUT2D eigenvalue weighted by atomic mass is 16.5. The molecule has 2 aliphatic carbocycles. The van der Waals surface area contributed by atoms with Crippen LogP contribution in [-0.2, 0) is 9.53 Å². The predicted octanol–water partition coefficient (Wildman–Crippen LogP) is 3.79. The Morgan fingerprint density at radius 1 is 1.35 bits per heavy atom. The van der Waals surface area contributed by atoms with E-state index in [1.54, 1.807) is 0 Å². The van der Waals surface area contributed by atoms with Crippen molar-refractivity contribution in [2.45, 2.75) is 64.9 Å². The molecular weight excluding hydrogens is 212 g/mol. The van der Waals surface area contributed by atoms with E-state index in [2.05, 4.69) is 20.8 Å². The molecule has 0 aromatic rings. The van der Waals surface area contributed by atoms with Gasteiger partial charge in [0.25, 0.3) is 6.47 Å². The van der Waals surface area contributed by atoms with Crippen LogP contribution in [0.15, 0.2) is 0 Å². The van der Waals surface area contributed by atoms with Gasteiger partial charge in [0.15, 0.2) is 0 Å². The first kappa shape index (κ1) is 12.9. The maximum atomic E-state index is 10.9. The van der Waals surface area contributed by atoms with Crippen LogP contribution in [0.4, 0.5) is 0 Å². The smallest absolute Gasteiger partial charge is 0.293 e. The zero-order valence-electron chi connectivity index (χ0n) is 11.4. The first-order valence-electron chi connectivity index (χ1n) is 7.23. The van der Waals surface area contributed by atoms with Crippen LogP contribution in [0.25, 0.3) is 0 Å². The summed E-state index contributed by atoms with van der Waals surface area (Å²) in [7, 11) is 0. The van der Waals surface area contributed by atoms with Crippen molar-refractivity contribution in [1.29, 1.82) is 0 Å². The quantitative estimate of drug-likeness (QED) is 0.696. The molecule has 0 N–H and O–H groups in total. The lowest BCUT2D eigenvalue weighted by molar-refractivity contribution is -0.173. The molecule has 0 spiro atoms. The molecule has 2 saturated carbocycles. The van der Waals surface area contributed by atoms with Crippen LogP contribution in [0.1, 0.15) is 59.3 Å². The molecule has 2 fully saturated rings. The Kier molecular flexibility index (Phi) is 3.79. The fourth-order valence-electron chi connectivity index (χ4n) is 4.31. The molecule has 0 heterocycles. The monoisotopic (exact) mass is 238 g/mol. The van der Waals surface area contributed by atoms with Gasteiger partial charge in [0, 0.05) is 0 Å². The van der Waals surface area contributed by atoms with E-state index < -0.39 is 0 Å². The number of carbonyl (C=O) groups excluding carboxylic acids is 1. The van der Waals surface area contributed by atoms with Gasteiger partial charge in [-0.2, -0.15) is 0 Å². The molecule has 2 aliphatic rings. The lowest BCUT2D eigenvalue weighted by Gasteiger charge is -2.52. The summed E-state index contributed by atoms with van der Waals surface area (Å²) in [5.74, 6) is 2.78. The highest BCUT2D eigenvalue weighted by molar-refractivity contribution is 5.39. The first-order valence-corrected chi connectivity index (χ1v) is 7.23. The SMILES string of the molecule is CCC1CC2CCC(OC=O)(C(C)C)C(C1)C2. The van der Waals surface area contributed by atoms with Crippen molar-refractivity contribution in [3.63, 3.8) is 0 Å². The summed E-state index contributed by atoms with van der Waals surface area (Å²) in [6.45, 7) is 7.40. The zero-order valence-corrected chi connectivity index (χ0v) is 11.4. The molecule has 0 aromatic carbocycles. The van der Waals surface area contributed by atoms with Crippen molar-refractivity contribution < 1.29 is 9.53 Å². The third-order valence-corrected chi connectivity index (χ3v) is 5.36. The first-order chi connectivity index (χ1) is 8.12. The Morgan fingerprint density at radius 2 is 2.12 bits per heavy atom. The van der Waals surface area contributed by atoms with Crippen molar-refractivity contribution in [1.82, 2.24) is 0 Å². The Bertz CT molecular complexity index is 274. The van der Waals surface area contributed by atoms with Gasteiger partial charge in [-0.25, -0.2) is 0 Å². The summed E-state index contributed by atoms with van der Waals surface area (Å²) >= 11 is 0. The highest BCUT2D eigenvalue weighted by Gasteiger charge is 2.50. The Morgan fingerprint density at radius 3 is 2.71 bits per heavy atom. The average Bonchev–Trinajstić information content (AvgIpc) is 2.32. The van der Waals surface area contributed by atoms with Crippen LogP contribution in [0.2, 0.25) is 0 Å². The fourth-order valence-corrected chi connectivity index (χ4v) is 4.31. The molecule has 0 aromatic heterocycles. The molecule has 0 radical (unpaired) electrons. The fraction of sp³-hybridized carbons (Fsp3) is 0.933. The van der Waals surface area contributed by atoms with Gasteiger partial charge in [0.2, 0.25) is 0 Å². The minimum absolute atomic E-state index is 0.161. The number of hydrogen-bond acceptors (Lipinski definition) is 2. The van der Waals surface area contributed by atoms with Crippen LogP contribution >= 0.6 is 0 Å². The van der Waals surface area contributed by atoms with Gasteiger partial charge in [0.05, 0.1) is 0 Å². The second-order valence-corrected chi connectivity index (χ2v) is 6.41. The third-order valence-electron chi connectivity index (χ3n) is 5.36. The Labute approximate surface area is 105 Å². The van der Waals surface area contributed by atoms with E-state index in [9.17, 15) is 4.79 Å². The molecule has 2 rings (SSSR count). The molecule has 4 atom stereocenters. The van der Waals surface area contributed by atoms with E-state index in [1.165, 1.54) is 32.1 Å². The average molecular weight is 238 g/mol. The van der Waals surface area contributed by atoms with Gasteiger partial charge in [-0.3, -0.25) is 4.79 Å². The Hall–Kier alpha value is -0.530. The number of fused-ring (bicyclic) bond motifs is 2. The van der Waals surface area contributed by atoms with Crippen molar-refractivity contribution in [3.8, 4) is 0 Å². The number of ether oxygens (including phenoxy) is 1. The van der Waals surface area contributed by atoms with Gasteiger partial charge < -0.3 is 4.74 Å². The van der Waals surface area contributed by atoms with Gasteiger partial charge >= 0.3 is 0 Å². The summed E-state index contributed by atoms with van der Waals surface area (Å²) in [6, 6.07) is 0. The van der Waals surface area contributed by atoms with E-state index in [0.29, 0.717) is 18.3 Å². The van der Waals surface area contributed by atoms with E-state index in [-0.39, 0.29) is 5.60 Å². The summed E-state index contributed by atoms with van der Waals surface area (Å²) < 4.78 is 5.63. The van der Waals surface area contributed by atoms with Crippen molar-refractivity contribution in [2.24, 2.45) is 23.7 Å². The van der Waals surface area contributed by atoms with Gasteiger partial charge in [-0.05, 0) is 55.8 Å². The maximum absolute atomic E-state index is 10.9. The molecule has 2 nitrogen and oxygen atoms in total. The molecule has 2 heteroatoms. The standard InChI is InChI=1S/C15H26O2/c1-4-12-7-13-5-6-15(11(2)3,17-10-16)14(8-12)9-13/h10-14H,4-9H2,1-3H3. The highest BCUT2D eigenvalue weighted by Crippen LogP contribution is 2.52. The lowest BCUT2D eigenvalue weighted by Crippen LogP contribution is -2.51. The second-order valence-electron chi connectivity index (χ2n) is 6.41. The topological polar surface area (TPSA) is 26.3 Å². The number of carbonyl (C=O) groups is 1. The van der Waals surface area contributed by atoms with Crippen LogP contribution < -0.4 is 0 Å². The second kappa shape index (κ2) is 4.99. The molecule has 17 heavy (non-hydrogen) atoms. The summed E-state index contributed by atoms with van der Waals surface area (Å²) in [5.41, 5.74) is -0.161. The minimum atomic E-state index is -0.161. The molecule has 0 aliphatic heterocycles. The summed E-state index contributed by atoms with van der Waals surface area (Å²) in [6.07, 6.45) is 7.56. The molecule has 0 saturated heterocycles. The normalized spacial score (nSPS) is 41.3. The van der Waals surface area contributed by atoms with Crippen LogP contribution in [0, 0.1) is 23.7 Å². The minimum Gasteiger partial charge on any atom is -0.461 e. The molecule has 4 unspecified atom stereocenters.